The molecule has 0 unspecified atom stereocenters. The topological polar surface area (TPSA) is 66.2 Å². The summed E-state index contributed by atoms with van der Waals surface area (Å²) in [5.74, 6) is 1.05. The highest BCUT2D eigenvalue weighted by molar-refractivity contribution is 6.16. The molecule has 1 aliphatic heterocycles. The molecule has 0 bridgehead atoms. The molecule has 0 aliphatic carbocycles. The molecule has 2 heterocycles. The third-order valence-electron chi connectivity index (χ3n) is 2.91. The number of nitrogens with two attached hydrogens (primary N) is 1. The van der Waals surface area contributed by atoms with Gasteiger partial charge in [-0.3, -0.25) is 4.99 Å². The van der Waals surface area contributed by atoms with Gasteiger partial charge in [0.05, 0.1) is 12.3 Å². The highest BCUT2D eigenvalue weighted by atomic mass is 15.0. The van der Waals surface area contributed by atoms with Gasteiger partial charge < -0.3 is 16.0 Å². The zero-order chi connectivity index (χ0) is 12.4. The summed E-state index contributed by atoms with van der Waals surface area (Å²) in [6.45, 7) is 7.66. The van der Waals surface area contributed by atoms with Gasteiger partial charge in [-0.05, 0) is 31.9 Å². The minimum Gasteiger partial charge on any atom is -0.368 e. The molecule has 0 spiro atoms. The summed E-state index contributed by atoms with van der Waals surface area (Å²) in [7, 11) is 0. The van der Waals surface area contributed by atoms with E-state index in [2.05, 4.69) is 35.2 Å². The van der Waals surface area contributed by atoms with E-state index in [1.54, 1.807) is 0 Å². The molecule has 4 heteroatoms. The van der Waals surface area contributed by atoms with Crippen LogP contribution in [0.5, 0.6) is 0 Å². The SMILES string of the molecule is CC1=CCNc2[nH]cc(C)c2C1=NC[C@@H](C)N. The summed E-state index contributed by atoms with van der Waals surface area (Å²) in [5, 5.41) is 3.35. The van der Waals surface area contributed by atoms with Crippen molar-refractivity contribution in [2.75, 3.05) is 18.4 Å². The molecule has 2 rings (SSSR count). The first-order chi connectivity index (χ1) is 8.09. The summed E-state index contributed by atoms with van der Waals surface area (Å²) < 4.78 is 0. The van der Waals surface area contributed by atoms with E-state index < -0.39 is 0 Å². The molecule has 1 aromatic heterocycles. The minimum absolute atomic E-state index is 0.0919. The van der Waals surface area contributed by atoms with Crippen LogP contribution in [0, 0.1) is 6.92 Å². The van der Waals surface area contributed by atoms with Crippen LogP contribution < -0.4 is 11.1 Å². The summed E-state index contributed by atoms with van der Waals surface area (Å²) >= 11 is 0. The Morgan fingerprint density at radius 3 is 2.94 bits per heavy atom. The van der Waals surface area contributed by atoms with Crippen molar-refractivity contribution < 1.29 is 0 Å². The standard InChI is InChI=1S/C13H20N4/c1-8-4-5-15-13-11(9(2)6-17-13)12(8)16-7-10(3)14/h4,6,10,15,17H,5,7,14H2,1-3H3/t10-/m1/s1. The lowest BCUT2D eigenvalue weighted by Gasteiger charge is -2.08. The number of anilines is 1. The van der Waals surface area contributed by atoms with Crippen LogP contribution in [0.15, 0.2) is 22.8 Å². The Morgan fingerprint density at radius 1 is 1.47 bits per heavy atom. The van der Waals surface area contributed by atoms with Crippen molar-refractivity contribution in [3.63, 3.8) is 0 Å². The van der Waals surface area contributed by atoms with Crippen LogP contribution in [-0.4, -0.2) is 29.8 Å². The average Bonchev–Trinajstić information content (AvgIpc) is 2.54. The van der Waals surface area contributed by atoms with E-state index in [9.17, 15) is 0 Å². The number of nitrogens with zero attached hydrogens (tertiary/aromatic N) is 1. The van der Waals surface area contributed by atoms with Crippen LogP contribution in [0.25, 0.3) is 0 Å². The fourth-order valence-electron chi connectivity index (χ4n) is 2.01. The predicted molar refractivity (Wildman–Crippen MR) is 72.8 cm³/mol. The molecule has 17 heavy (non-hydrogen) atoms. The number of aromatic nitrogens is 1. The lowest BCUT2D eigenvalue weighted by atomic mass is 10.0. The number of H-pyrrole nitrogens is 1. The van der Waals surface area contributed by atoms with Gasteiger partial charge in [0.1, 0.15) is 5.82 Å². The average molecular weight is 232 g/mol. The van der Waals surface area contributed by atoms with Crippen molar-refractivity contribution >= 4 is 11.5 Å². The van der Waals surface area contributed by atoms with Gasteiger partial charge in [-0.15, -0.1) is 0 Å². The molecule has 92 valence electrons. The van der Waals surface area contributed by atoms with E-state index in [-0.39, 0.29) is 6.04 Å². The smallest absolute Gasteiger partial charge is 0.113 e. The Hall–Kier alpha value is -1.55. The Kier molecular flexibility index (Phi) is 3.33. The predicted octanol–water partition coefficient (Wildman–Crippen LogP) is 1.83. The van der Waals surface area contributed by atoms with Gasteiger partial charge in [-0.2, -0.15) is 0 Å². The summed E-state index contributed by atoms with van der Waals surface area (Å²) in [6, 6.07) is 0.0919. The molecule has 1 aliphatic rings. The number of hydrogen-bond donors (Lipinski definition) is 3. The lowest BCUT2D eigenvalue weighted by molar-refractivity contribution is 0.754. The number of aliphatic imine (C=N–C) groups is 1. The Balaban J connectivity index is 2.45. The van der Waals surface area contributed by atoms with Crippen LogP contribution in [0.3, 0.4) is 0 Å². The Labute approximate surface area is 102 Å². The fraction of sp³-hybridized carbons (Fsp3) is 0.462. The number of rotatable bonds is 2. The van der Waals surface area contributed by atoms with Crippen molar-refractivity contribution in [2.24, 2.45) is 10.7 Å². The van der Waals surface area contributed by atoms with E-state index >= 15 is 0 Å². The first kappa shape index (κ1) is 11.9. The lowest BCUT2D eigenvalue weighted by Crippen LogP contribution is -2.20. The van der Waals surface area contributed by atoms with Crippen LogP contribution in [0.1, 0.15) is 25.0 Å². The van der Waals surface area contributed by atoms with Gasteiger partial charge in [-0.1, -0.05) is 6.08 Å². The molecule has 1 atom stereocenters. The first-order valence-electron chi connectivity index (χ1n) is 5.99. The van der Waals surface area contributed by atoms with Gasteiger partial charge in [0.25, 0.3) is 0 Å². The quantitative estimate of drug-likeness (QED) is 0.728. The molecule has 4 nitrogen and oxygen atoms in total. The van der Waals surface area contributed by atoms with Crippen LogP contribution in [0.2, 0.25) is 0 Å². The number of hydrogen-bond acceptors (Lipinski definition) is 3. The molecule has 0 saturated heterocycles. The molecular formula is C13H20N4. The third kappa shape index (κ3) is 2.42. The van der Waals surface area contributed by atoms with E-state index in [0.717, 1.165) is 18.1 Å². The number of fused-ring (bicyclic) bond motifs is 1. The second-order valence-corrected chi connectivity index (χ2v) is 4.66. The van der Waals surface area contributed by atoms with E-state index in [1.807, 2.05) is 13.1 Å². The maximum atomic E-state index is 5.78. The highest BCUT2D eigenvalue weighted by Gasteiger charge is 2.18. The summed E-state index contributed by atoms with van der Waals surface area (Å²) in [4.78, 5) is 7.91. The maximum absolute atomic E-state index is 5.78. The molecule has 0 radical (unpaired) electrons. The number of nitrogens with one attached hydrogen (secondary N) is 2. The van der Waals surface area contributed by atoms with E-state index in [4.69, 9.17) is 5.73 Å². The van der Waals surface area contributed by atoms with Gasteiger partial charge in [0.2, 0.25) is 0 Å². The Bertz CT molecular complexity index is 466. The van der Waals surface area contributed by atoms with E-state index in [1.165, 1.54) is 16.7 Å². The second kappa shape index (κ2) is 4.75. The summed E-state index contributed by atoms with van der Waals surface area (Å²) in [6.07, 6.45) is 4.17. The second-order valence-electron chi connectivity index (χ2n) is 4.66. The molecule has 0 amide bonds. The van der Waals surface area contributed by atoms with Crippen molar-refractivity contribution in [1.29, 1.82) is 0 Å². The van der Waals surface area contributed by atoms with Crippen molar-refractivity contribution in [3.8, 4) is 0 Å². The fourth-order valence-corrected chi connectivity index (χ4v) is 2.01. The normalized spacial score (nSPS) is 19.3. The minimum atomic E-state index is 0.0919. The van der Waals surface area contributed by atoms with Crippen molar-refractivity contribution in [2.45, 2.75) is 26.8 Å². The van der Waals surface area contributed by atoms with Crippen molar-refractivity contribution in [3.05, 3.63) is 29.0 Å². The zero-order valence-electron chi connectivity index (χ0n) is 10.7. The van der Waals surface area contributed by atoms with Crippen molar-refractivity contribution in [1.82, 2.24) is 4.98 Å². The van der Waals surface area contributed by atoms with Gasteiger partial charge in [0.15, 0.2) is 0 Å². The summed E-state index contributed by atoms with van der Waals surface area (Å²) in [5.41, 5.74) is 10.4. The third-order valence-corrected chi connectivity index (χ3v) is 2.91. The van der Waals surface area contributed by atoms with Gasteiger partial charge in [-0.25, -0.2) is 0 Å². The largest absolute Gasteiger partial charge is 0.368 e. The number of allylic oxidation sites excluding steroid dienone is 1. The number of aromatic amines is 1. The number of aryl methyl sites for hydroxylation is 1. The van der Waals surface area contributed by atoms with Crippen LogP contribution in [-0.2, 0) is 0 Å². The van der Waals surface area contributed by atoms with Crippen LogP contribution >= 0.6 is 0 Å². The first-order valence-corrected chi connectivity index (χ1v) is 5.99. The zero-order valence-corrected chi connectivity index (χ0v) is 10.7. The Morgan fingerprint density at radius 2 is 2.24 bits per heavy atom. The van der Waals surface area contributed by atoms with E-state index in [0.29, 0.717) is 6.54 Å². The molecular weight excluding hydrogens is 212 g/mol. The monoisotopic (exact) mass is 232 g/mol. The highest BCUT2D eigenvalue weighted by Crippen LogP contribution is 2.24. The molecule has 4 N–H and O–H groups in total. The van der Waals surface area contributed by atoms with Gasteiger partial charge in [0, 0.05) is 24.3 Å². The van der Waals surface area contributed by atoms with Gasteiger partial charge >= 0.3 is 0 Å². The van der Waals surface area contributed by atoms with Crippen LogP contribution in [0.4, 0.5) is 5.82 Å². The molecule has 1 aromatic rings. The molecule has 0 aromatic carbocycles. The molecule has 0 fully saturated rings. The molecule has 0 saturated carbocycles. The maximum Gasteiger partial charge on any atom is 0.113 e.